The van der Waals surface area contributed by atoms with Crippen LogP contribution in [0.2, 0.25) is 5.15 Å². The highest BCUT2D eigenvalue weighted by atomic mass is 35.5. The molecule has 19 heavy (non-hydrogen) atoms. The third-order valence-electron chi connectivity index (χ3n) is 2.94. The van der Waals surface area contributed by atoms with Crippen molar-refractivity contribution in [3.05, 3.63) is 52.1 Å². The second kappa shape index (κ2) is 6.02. The van der Waals surface area contributed by atoms with Crippen molar-refractivity contribution in [2.45, 2.75) is 27.2 Å². The fraction of sp³-hybridized carbons (Fsp3) is 0.333. The Morgan fingerprint density at radius 3 is 2.53 bits per heavy atom. The Bertz CT molecular complexity index is 564. The van der Waals surface area contributed by atoms with Crippen molar-refractivity contribution in [3.8, 4) is 5.75 Å². The molecule has 0 N–H and O–H groups in total. The molecule has 4 heteroatoms. The monoisotopic (exact) mass is 276 g/mol. The van der Waals surface area contributed by atoms with Gasteiger partial charge in [-0.15, -0.1) is 0 Å². The molecule has 0 fully saturated rings. The van der Waals surface area contributed by atoms with Gasteiger partial charge in [0.15, 0.2) is 0 Å². The van der Waals surface area contributed by atoms with Crippen LogP contribution in [0.3, 0.4) is 0 Å². The Balaban J connectivity index is 1.94. The van der Waals surface area contributed by atoms with Crippen LogP contribution in [-0.2, 0) is 6.42 Å². The largest absolute Gasteiger partial charge is 0.493 e. The Hall–Kier alpha value is -1.61. The van der Waals surface area contributed by atoms with E-state index < -0.39 is 0 Å². The molecule has 1 aromatic heterocycles. The van der Waals surface area contributed by atoms with Gasteiger partial charge in [-0.05, 0) is 50.1 Å². The Labute approximate surface area is 118 Å². The van der Waals surface area contributed by atoms with Gasteiger partial charge in [0.25, 0.3) is 0 Å². The van der Waals surface area contributed by atoms with E-state index >= 15 is 0 Å². The maximum Gasteiger partial charge on any atom is 0.133 e. The lowest BCUT2D eigenvalue weighted by atomic mass is 10.1. The SMILES string of the molecule is Cc1cc(Cl)nc(CCOc2ccc(C)c(C)c2)n1. The molecule has 1 aromatic carbocycles. The van der Waals surface area contributed by atoms with Gasteiger partial charge < -0.3 is 4.74 Å². The second-order valence-corrected chi connectivity index (χ2v) is 4.98. The molecule has 0 saturated carbocycles. The van der Waals surface area contributed by atoms with Crippen molar-refractivity contribution in [3.63, 3.8) is 0 Å². The van der Waals surface area contributed by atoms with Crippen LogP contribution in [0, 0.1) is 20.8 Å². The smallest absolute Gasteiger partial charge is 0.133 e. The van der Waals surface area contributed by atoms with E-state index in [1.54, 1.807) is 6.07 Å². The summed E-state index contributed by atoms with van der Waals surface area (Å²) in [6.07, 6.45) is 0.647. The maximum absolute atomic E-state index is 5.89. The van der Waals surface area contributed by atoms with Crippen LogP contribution < -0.4 is 4.74 Å². The van der Waals surface area contributed by atoms with Crippen molar-refractivity contribution < 1.29 is 4.74 Å². The van der Waals surface area contributed by atoms with Crippen LogP contribution in [0.1, 0.15) is 22.6 Å². The lowest BCUT2D eigenvalue weighted by Crippen LogP contribution is -2.06. The molecule has 0 atom stereocenters. The summed E-state index contributed by atoms with van der Waals surface area (Å²) < 4.78 is 5.70. The molecule has 0 aliphatic heterocycles. The predicted molar refractivity (Wildman–Crippen MR) is 76.9 cm³/mol. The Kier molecular flexibility index (Phi) is 4.38. The number of halogens is 1. The highest BCUT2D eigenvalue weighted by Gasteiger charge is 2.02. The van der Waals surface area contributed by atoms with Crippen LogP contribution in [0.4, 0.5) is 0 Å². The van der Waals surface area contributed by atoms with E-state index in [0.717, 1.165) is 11.4 Å². The summed E-state index contributed by atoms with van der Waals surface area (Å²) in [6.45, 7) is 6.61. The van der Waals surface area contributed by atoms with Crippen molar-refractivity contribution in [2.24, 2.45) is 0 Å². The number of aryl methyl sites for hydroxylation is 3. The van der Waals surface area contributed by atoms with Gasteiger partial charge in [-0.2, -0.15) is 0 Å². The lowest BCUT2D eigenvalue weighted by Gasteiger charge is -2.08. The number of aromatic nitrogens is 2. The average Bonchev–Trinajstić information content (AvgIpc) is 2.32. The quantitative estimate of drug-likeness (QED) is 0.799. The second-order valence-electron chi connectivity index (χ2n) is 4.59. The summed E-state index contributed by atoms with van der Waals surface area (Å²) in [5.41, 5.74) is 3.37. The summed E-state index contributed by atoms with van der Waals surface area (Å²) in [4.78, 5) is 8.49. The summed E-state index contributed by atoms with van der Waals surface area (Å²) in [5.74, 6) is 1.59. The van der Waals surface area contributed by atoms with Gasteiger partial charge >= 0.3 is 0 Å². The highest BCUT2D eigenvalue weighted by Crippen LogP contribution is 2.16. The first-order chi connectivity index (χ1) is 9.04. The first kappa shape index (κ1) is 13.8. The summed E-state index contributed by atoms with van der Waals surface area (Å²) in [6, 6.07) is 7.83. The number of nitrogens with zero attached hydrogens (tertiary/aromatic N) is 2. The van der Waals surface area contributed by atoms with Gasteiger partial charge in [0.05, 0.1) is 6.61 Å². The average molecular weight is 277 g/mol. The van der Waals surface area contributed by atoms with Crippen molar-refractivity contribution in [2.75, 3.05) is 6.61 Å². The van der Waals surface area contributed by atoms with Crippen molar-refractivity contribution in [1.82, 2.24) is 9.97 Å². The van der Waals surface area contributed by atoms with Crippen LogP contribution in [-0.4, -0.2) is 16.6 Å². The van der Waals surface area contributed by atoms with Gasteiger partial charge in [0.2, 0.25) is 0 Å². The third kappa shape index (κ3) is 3.93. The molecule has 0 aliphatic carbocycles. The zero-order valence-corrected chi connectivity index (χ0v) is 12.2. The minimum Gasteiger partial charge on any atom is -0.493 e. The molecule has 2 rings (SSSR count). The van der Waals surface area contributed by atoms with E-state index in [1.807, 2.05) is 19.1 Å². The van der Waals surface area contributed by atoms with Gasteiger partial charge in [-0.1, -0.05) is 17.7 Å². The first-order valence-corrected chi connectivity index (χ1v) is 6.62. The van der Waals surface area contributed by atoms with E-state index in [4.69, 9.17) is 16.3 Å². The molecule has 1 heterocycles. The summed E-state index contributed by atoms with van der Waals surface area (Å²) in [7, 11) is 0. The van der Waals surface area contributed by atoms with E-state index in [9.17, 15) is 0 Å². The molecule has 2 aromatic rings. The number of hydrogen-bond acceptors (Lipinski definition) is 3. The maximum atomic E-state index is 5.89. The molecule has 0 aliphatic rings. The number of benzene rings is 1. The molecule has 0 saturated heterocycles. The van der Waals surface area contributed by atoms with E-state index in [-0.39, 0.29) is 0 Å². The molecular formula is C15H17ClN2O. The van der Waals surface area contributed by atoms with Crippen LogP contribution in [0.15, 0.2) is 24.3 Å². The van der Waals surface area contributed by atoms with Gasteiger partial charge in [0, 0.05) is 12.1 Å². The highest BCUT2D eigenvalue weighted by molar-refractivity contribution is 6.29. The molecular weight excluding hydrogens is 260 g/mol. The summed E-state index contributed by atoms with van der Waals surface area (Å²) >= 11 is 5.89. The van der Waals surface area contributed by atoms with Crippen molar-refractivity contribution >= 4 is 11.6 Å². The van der Waals surface area contributed by atoms with Gasteiger partial charge in [-0.25, -0.2) is 9.97 Å². The zero-order valence-electron chi connectivity index (χ0n) is 11.4. The number of hydrogen-bond donors (Lipinski definition) is 0. The van der Waals surface area contributed by atoms with Gasteiger partial charge in [0.1, 0.15) is 16.7 Å². The predicted octanol–water partition coefficient (Wildman–Crippen LogP) is 3.68. The molecule has 100 valence electrons. The van der Waals surface area contributed by atoms with E-state index in [0.29, 0.717) is 24.0 Å². The van der Waals surface area contributed by atoms with E-state index in [2.05, 4.69) is 29.9 Å². The molecule has 3 nitrogen and oxygen atoms in total. The van der Waals surface area contributed by atoms with Crippen molar-refractivity contribution in [1.29, 1.82) is 0 Å². The van der Waals surface area contributed by atoms with Gasteiger partial charge in [-0.3, -0.25) is 0 Å². The third-order valence-corrected chi connectivity index (χ3v) is 3.14. The zero-order chi connectivity index (χ0) is 13.8. The Morgan fingerprint density at radius 1 is 1.05 bits per heavy atom. The van der Waals surface area contributed by atoms with Crippen LogP contribution >= 0.6 is 11.6 Å². The number of rotatable bonds is 4. The normalized spacial score (nSPS) is 10.5. The molecule has 0 amide bonds. The molecule has 0 bridgehead atoms. The fourth-order valence-corrected chi connectivity index (χ4v) is 2.02. The Morgan fingerprint density at radius 2 is 1.84 bits per heavy atom. The lowest BCUT2D eigenvalue weighted by molar-refractivity contribution is 0.318. The standard InChI is InChI=1S/C15H17ClN2O/c1-10-4-5-13(8-11(10)2)19-7-6-15-17-12(3)9-14(16)18-15/h4-5,8-9H,6-7H2,1-3H3. The molecule has 0 unspecified atom stereocenters. The summed E-state index contributed by atoms with van der Waals surface area (Å²) in [5, 5.41) is 0.480. The molecule has 0 radical (unpaired) electrons. The van der Waals surface area contributed by atoms with Crippen LogP contribution in [0.25, 0.3) is 0 Å². The van der Waals surface area contributed by atoms with Crippen LogP contribution in [0.5, 0.6) is 5.75 Å². The fourth-order valence-electron chi connectivity index (χ4n) is 1.76. The number of ether oxygens (including phenoxy) is 1. The van der Waals surface area contributed by atoms with E-state index in [1.165, 1.54) is 11.1 Å². The minimum atomic E-state index is 0.480. The topological polar surface area (TPSA) is 35.0 Å². The first-order valence-electron chi connectivity index (χ1n) is 6.25. The minimum absolute atomic E-state index is 0.480. The molecule has 0 spiro atoms.